The maximum absolute atomic E-state index is 13.3. The van der Waals surface area contributed by atoms with E-state index in [-0.39, 0.29) is 17.6 Å². The molecule has 140 valence electrons. The van der Waals surface area contributed by atoms with Crippen LogP contribution in [0.4, 0.5) is 4.39 Å². The van der Waals surface area contributed by atoms with Gasteiger partial charge in [0.15, 0.2) is 0 Å². The molecule has 4 rings (SSSR count). The van der Waals surface area contributed by atoms with Gasteiger partial charge < -0.3 is 10.3 Å². The first-order valence-electron chi connectivity index (χ1n) is 8.97. The average Bonchev–Trinajstić information content (AvgIpc) is 3.13. The molecular formula is C23H18BrFN2O. The highest BCUT2D eigenvalue weighted by atomic mass is 79.9. The Labute approximate surface area is 170 Å². The van der Waals surface area contributed by atoms with E-state index in [0.717, 1.165) is 22.0 Å². The zero-order valence-corrected chi connectivity index (χ0v) is 16.5. The molecule has 1 atom stereocenters. The van der Waals surface area contributed by atoms with Gasteiger partial charge in [-0.05, 0) is 51.3 Å². The Hall–Kier alpha value is -2.92. The van der Waals surface area contributed by atoms with Crippen LogP contribution in [-0.4, -0.2) is 17.4 Å². The molecule has 0 saturated carbocycles. The smallest absolute Gasteiger partial charge is 0.252 e. The fourth-order valence-electron chi connectivity index (χ4n) is 3.44. The number of hydrogen-bond acceptors (Lipinski definition) is 1. The molecule has 0 saturated heterocycles. The van der Waals surface area contributed by atoms with E-state index < -0.39 is 0 Å². The fourth-order valence-corrected chi connectivity index (χ4v) is 3.97. The number of H-pyrrole nitrogens is 1. The summed E-state index contributed by atoms with van der Waals surface area (Å²) >= 11 is 3.27. The van der Waals surface area contributed by atoms with E-state index in [0.29, 0.717) is 16.6 Å². The Morgan fingerprint density at radius 3 is 2.57 bits per heavy atom. The summed E-state index contributed by atoms with van der Waals surface area (Å²) in [7, 11) is 0. The van der Waals surface area contributed by atoms with Crippen molar-refractivity contribution in [3.63, 3.8) is 0 Å². The first-order chi connectivity index (χ1) is 13.6. The molecule has 0 bridgehead atoms. The van der Waals surface area contributed by atoms with Crippen LogP contribution in [0.15, 0.2) is 83.5 Å². The predicted octanol–water partition coefficient (Wildman–Crippen LogP) is 5.63. The highest BCUT2D eigenvalue weighted by Crippen LogP contribution is 2.30. The molecule has 0 aliphatic heterocycles. The molecule has 1 heterocycles. The van der Waals surface area contributed by atoms with Crippen molar-refractivity contribution in [3.8, 4) is 0 Å². The summed E-state index contributed by atoms with van der Waals surface area (Å²) in [5, 5.41) is 4.14. The van der Waals surface area contributed by atoms with Crippen molar-refractivity contribution >= 4 is 32.7 Å². The van der Waals surface area contributed by atoms with Crippen molar-refractivity contribution in [3.05, 3.63) is 106 Å². The van der Waals surface area contributed by atoms with Crippen LogP contribution in [0.2, 0.25) is 0 Å². The quantitative estimate of drug-likeness (QED) is 0.418. The largest absolute Gasteiger partial charge is 0.361 e. The predicted molar refractivity (Wildman–Crippen MR) is 113 cm³/mol. The molecule has 3 aromatic carbocycles. The third-order valence-electron chi connectivity index (χ3n) is 4.84. The van der Waals surface area contributed by atoms with Crippen LogP contribution in [0.5, 0.6) is 0 Å². The van der Waals surface area contributed by atoms with Gasteiger partial charge in [0.05, 0.1) is 5.56 Å². The van der Waals surface area contributed by atoms with Crippen LogP contribution in [0.25, 0.3) is 10.9 Å². The maximum atomic E-state index is 13.3. The second-order valence-electron chi connectivity index (χ2n) is 6.59. The Kier molecular flexibility index (Phi) is 5.26. The van der Waals surface area contributed by atoms with E-state index >= 15 is 0 Å². The number of rotatable bonds is 5. The van der Waals surface area contributed by atoms with Crippen LogP contribution >= 0.6 is 15.9 Å². The Morgan fingerprint density at radius 1 is 1.04 bits per heavy atom. The molecule has 0 radical (unpaired) electrons. The second kappa shape index (κ2) is 7.98. The maximum Gasteiger partial charge on any atom is 0.252 e. The lowest BCUT2D eigenvalue weighted by Crippen LogP contribution is -2.29. The summed E-state index contributed by atoms with van der Waals surface area (Å²) in [6, 6.07) is 22.3. The molecule has 1 unspecified atom stereocenters. The lowest BCUT2D eigenvalue weighted by Gasteiger charge is -2.18. The fraction of sp³-hybridized carbons (Fsp3) is 0.0870. The van der Waals surface area contributed by atoms with Gasteiger partial charge in [-0.3, -0.25) is 4.79 Å². The molecule has 0 spiro atoms. The minimum atomic E-state index is -0.385. The number of benzene rings is 3. The van der Waals surface area contributed by atoms with E-state index in [4.69, 9.17) is 0 Å². The first kappa shape index (κ1) is 18.4. The number of hydrogen-bond donors (Lipinski definition) is 2. The van der Waals surface area contributed by atoms with Gasteiger partial charge in [-0.1, -0.05) is 48.5 Å². The Balaban J connectivity index is 1.64. The number of para-hydroxylation sites is 1. The molecule has 5 heteroatoms. The summed E-state index contributed by atoms with van der Waals surface area (Å²) in [5.74, 6) is -0.641. The van der Waals surface area contributed by atoms with Gasteiger partial charge in [0.25, 0.3) is 5.91 Å². The minimum Gasteiger partial charge on any atom is -0.361 e. The van der Waals surface area contributed by atoms with Crippen molar-refractivity contribution in [2.75, 3.05) is 6.54 Å². The third kappa shape index (κ3) is 3.71. The molecule has 0 aliphatic carbocycles. The molecule has 1 aromatic heterocycles. The van der Waals surface area contributed by atoms with Crippen molar-refractivity contribution in [1.29, 1.82) is 0 Å². The van der Waals surface area contributed by atoms with Crippen LogP contribution in [0, 0.1) is 5.82 Å². The number of aromatic nitrogens is 1. The van der Waals surface area contributed by atoms with E-state index in [1.807, 2.05) is 42.6 Å². The second-order valence-corrected chi connectivity index (χ2v) is 7.44. The van der Waals surface area contributed by atoms with Crippen molar-refractivity contribution in [2.45, 2.75) is 5.92 Å². The molecule has 2 N–H and O–H groups in total. The molecule has 28 heavy (non-hydrogen) atoms. The van der Waals surface area contributed by atoms with E-state index in [1.165, 1.54) is 18.2 Å². The van der Waals surface area contributed by atoms with Gasteiger partial charge in [-0.25, -0.2) is 4.39 Å². The summed E-state index contributed by atoms with van der Waals surface area (Å²) in [5.41, 5.74) is 3.71. The molecule has 0 aliphatic rings. The van der Waals surface area contributed by atoms with E-state index in [9.17, 15) is 9.18 Å². The Morgan fingerprint density at radius 2 is 1.79 bits per heavy atom. The highest BCUT2D eigenvalue weighted by Gasteiger charge is 2.20. The van der Waals surface area contributed by atoms with Crippen molar-refractivity contribution in [1.82, 2.24) is 10.3 Å². The third-order valence-corrected chi connectivity index (χ3v) is 5.50. The summed E-state index contributed by atoms with van der Waals surface area (Å²) in [6.07, 6.45) is 2.00. The lowest BCUT2D eigenvalue weighted by molar-refractivity contribution is 0.0951. The molecule has 4 aromatic rings. The molecular weight excluding hydrogens is 419 g/mol. The average molecular weight is 437 g/mol. The lowest BCUT2D eigenvalue weighted by atomic mass is 9.91. The summed E-state index contributed by atoms with van der Waals surface area (Å²) in [6.45, 7) is 0.425. The van der Waals surface area contributed by atoms with Gasteiger partial charge in [0, 0.05) is 34.0 Å². The normalized spacial score (nSPS) is 12.1. The van der Waals surface area contributed by atoms with Gasteiger partial charge in [-0.15, -0.1) is 0 Å². The number of fused-ring (bicyclic) bond motifs is 1. The van der Waals surface area contributed by atoms with Crippen molar-refractivity contribution < 1.29 is 9.18 Å². The number of aromatic amines is 1. The number of halogens is 2. The SMILES string of the molecule is O=C(NCC(c1ccccc1)c1c[nH]c2ccccc12)c1ccc(F)cc1Br. The van der Waals surface area contributed by atoms with Crippen molar-refractivity contribution in [2.24, 2.45) is 0 Å². The van der Waals surface area contributed by atoms with Gasteiger partial charge in [0.2, 0.25) is 0 Å². The number of carbonyl (C=O) groups is 1. The van der Waals surface area contributed by atoms with Crippen LogP contribution in [0.1, 0.15) is 27.4 Å². The zero-order valence-electron chi connectivity index (χ0n) is 15.0. The van der Waals surface area contributed by atoms with E-state index in [1.54, 1.807) is 0 Å². The van der Waals surface area contributed by atoms with E-state index in [2.05, 4.69) is 44.4 Å². The Bertz CT molecular complexity index is 1120. The van der Waals surface area contributed by atoms with Gasteiger partial charge in [-0.2, -0.15) is 0 Å². The molecule has 1 amide bonds. The van der Waals surface area contributed by atoms with Gasteiger partial charge >= 0.3 is 0 Å². The van der Waals surface area contributed by atoms with Gasteiger partial charge in [0.1, 0.15) is 5.82 Å². The monoisotopic (exact) mass is 436 g/mol. The number of carbonyl (C=O) groups excluding carboxylic acids is 1. The van der Waals surface area contributed by atoms with Crippen LogP contribution < -0.4 is 5.32 Å². The standard InChI is InChI=1S/C23H18BrFN2O/c24-21-12-16(25)10-11-18(21)23(28)27-13-19(15-6-2-1-3-7-15)20-14-26-22-9-5-4-8-17(20)22/h1-12,14,19,26H,13H2,(H,27,28). The molecule has 3 nitrogen and oxygen atoms in total. The van der Waals surface area contributed by atoms with Crippen LogP contribution in [-0.2, 0) is 0 Å². The zero-order chi connectivity index (χ0) is 19.5. The number of amides is 1. The first-order valence-corrected chi connectivity index (χ1v) is 9.77. The van der Waals surface area contributed by atoms with Crippen LogP contribution in [0.3, 0.4) is 0 Å². The number of nitrogens with one attached hydrogen (secondary N) is 2. The minimum absolute atomic E-state index is 0.0134. The molecule has 0 fully saturated rings. The summed E-state index contributed by atoms with van der Waals surface area (Å²) < 4.78 is 13.8. The summed E-state index contributed by atoms with van der Waals surface area (Å²) in [4.78, 5) is 16.0. The topological polar surface area (TPSA) is 44.9 Å². The highest BCUT2D eigenvalue weighted by molar-refractivity contribution is 9.10.